The molecule has 0 aliphatic heterocycles. The molecule has 0 rings (SSSR count). The zero-order chi connectivity index (χ0) is 0. The van der Waals surface area contributed by atoms with Crippen LogP contribution in [0.15, 0.2) is 0 Å². The smallest absolute Gasteiger partial charge is 3.00 e. The average Bonchev–Trinajstić information content (AvgIpc) is 0. The Balaban J connectivity index is 0. The fourth-order valence-electron chi connectivity index (χ4n) is 0. The molecule has 1 radical (unpaired) electrons. The van der Waals surface area contributed by atoms with Crippen molar-refractivity contribution in [2.45, 2.75) is 0 Å². The standard InChI is InChI=1S/Ce.3O.H2Se.Y/h;;;;1H2;/q+3;3*-2;;+3. The van der Waals surface area contributed by atoms with Crippen LogP contribution in [0.4, 0.5) is 0 Å². The third-order valence-corrected chi connectivity index (χ3v) is 0. The Labute approximate surface area is 106 Å². The molecule has 0 heterocycles. The van der Waals surface area contributed by atoms with E-state index in [1.54, 1.807) is 0 Å². The first-order chi connectivity index (χ1) is 0. The Morgan fingerprint density at radius 2 is 0.667 bits per heavy atom. The maximum Gasteiger partial charge on any atom is 3.00 e. The predicted octanol–water partition coefficient (Wildman–Crippen LogP) is -1.28. The molecule has 3 nitrogen and oxygen atoms in total. The third-order valence-electron chi connectivity index (χ3n) is 0. The van der Waals surface area contributed by atoms with E-state index >= 15 is 0 Å². The Morgan fingerprint density at radius 1 is 0.667 bits per heavy atom. The molecule has 0 bridgehead atoms. The van der Waals surface area contributed by atoms with E-state index in [0.717, 1.165) is 0 Å². The second-order valence-corrected chi connectivity index (χ2v) is 0. The largest absolute Gasteiger partial charge is 3.00 e. The summed E-state index contributed by atoms with van der Waals surface area (Å²) < 4.78 is 0. The molecule has 0 aromatic heterocycles. The Kier molecular flexibility index (Phi) is 498. The van der Waals surface area contributed by atoms with E-state index in [1.807, 2.05) is 0 Å². The minimum Gasteiger partial charge on any atom is 3.00 e. The van der Waals surface area contributed by atoms with Crippen molar-refractivity contribution in [2.75, 3.05) is 0 Å². The molecule has 0 aromatic rings. The molecule has 0 atom stereocenters. The summed E-state index contributed by atoms with van der Waals surface area (Å²) in [4.78, 5) is 0. The van der Waals surface area contributed by atoms with Crippen LogP contribution in [0.25, 0.3) is 0 Å². The first kappa shape index (κ1) is 66.5. The molecule has 33 valence electrons. The first-order valence-electron chi connectivity index (χ1n) is 0. The van der Waals surface area contributed by atoms with Crippen molar-refractivity contribution in [3.8, 4) is 0 Å². The molecule has 0 saturated carbocycles. The van der Waals surface area contributed by atoms with E-state index in [1.165, 1.54) is 0 Å². The van der Waals surface area contributed by atoms with Gasteiger partial charge in [-0.15, -0.1) is 0 Å². The van der Waals surface area contributed by atoms with Gasteiger partial charge in [-0.25, -0.2) is 0 Å². The minimum absolute atomic E-state index is 0. The van der Waals surface area contributed by atoms with Crippen LogP contribution in [0.2, 0.25) is 0 Å². The third kappa shape index (κ3) is 28.7. The molecule has 0 fully saturated rings. The van der Waals surface area contributed by atoms with Crippen LogP contribution in [0.3, 0.4) is 0 Å². The minimum atomic E-state index is 0. The van der Waals surface area contributed by atoms with Gasteiger partial charge in [0, 0.05) is 0 Å². The van der Waals surface area contributed by atoms with Crippen LogP contribution in [-0.2, 0) is 49.1 Å². The SMILES string of the molecule is [Ce+3].[O-2].[O-2].[O-2].[SeH2].[Y+3]. The fraction of sp³-hybridized carbons (Fsp3) is 0. The van der Waals surface area contributed by atoms with Crippen molar-refractivity contribution in [2.24, 2.45) is 0 Å². The molecule has 0 aliphatic rings. The predicted molar refractivity (Wildman–Crippen MR) is 10.6 cm³/mol. The second-order valence-electron chi connectivity index (χ2n) is 0. The van der Waals surface area contributed by atoms with Gasteiger partial charge in [-0.05, 0) is 0 Å². The molecule has 0 amide bonds. The van der Waals surface area contributed by atoms with Gasteiger partial charge in [-0.2, -0.15) is 0 Å². The van der Waals surface area contributed by atoms with Crippen molar-refractivity contribution >= 4 is 17.1 Å². The van der Waals surface area contributed by atoms with Gasteiger partial charge in [0.2, 0.25) is 0 Å². The Hall–Kier alpha value is 2.88. The van der Waals surface area contributed by atoms with Crippen LogP contribution < -0.4 is 0 Å². The second kappa shape index (κ2) is 45.0. The molecule has 6 heteroatoms. The summed E-state index contributed by atoms with van der Waals surface area (Å²) in [7, 11) is 0. The van der Waals surface area contributed by atoms with Crippen LogP contribution >= 0.6 is 0 Å². The van der Waals surface area contributed by atoms with Gasteiger partial charge in [0.05, 0.1) is 0 Å². The summed E-state index contributed by atoms with van der Waals surface area (Å²) >= 11 is 0. The van der Waals surface area contributed by atoms with Crippen molar-refractivity contribution in [1.29, 1.82) is 0 Å². The normalized spacial score (nSPS) is 0. The van der Waals surface area contributed by atoms with Gasteiger partial charge in [-0.3, -0.25) is 0 Å². The molecule has 0 spiro atoms. The molecular formula is H2CeO3SeY. The first-order valence-corrected chi connectivity index (χ1v) is 0. The zero-order valence-corrected chi connectivity index (χ0v) is 10.9. The van der Waals surface area contributed by atoms with E-state index in [4.69, 9.17) is 0 Å². The summed E-state index contributed by atoms with van der Waals surface area (Å²) in [5, 5.41) is 0. The van der Waals surface area contributed by atoms with Crippen molar-refractivity contribution < 1.29 is 90.9 Å². The van der Waals surface area contributed by atoms with E-state index in [9.17, 15) is 0 Å². The molecule has 0 aromatic carbocycles. The summed E-state index contributed by atoms with van der Waals surface area (Å²) in [6.07, 6.45) is 0. The van der Waals surface area contributed by atoms with E-state index in [-0.39, 0.29) is 108 Å². The summed E-state index contributed by atoms with van der Waals surface area (Å²) in [6, 6.07) is 0. The zero-order valence-electron chi connectivity index (χ0n) is 2.80. The van der Waals surface area contributed by atoms with Gasteiger partial charge in [-0.1, -0.05) is 0 Å². The van der Waals surface area contributed by atoms with Crippen molar-refractivity contribution in [3.63, 3.8) is 0 Å². The number of hydrogen-bond acceptors (Lipinski definition) is 0. The Bertz CT molecular complexity index is 10.8. The molecule has 0 saturated heterocycles. The fourth-order valence-corrected chi connectivity index (χ4v) is 0. The molecule has 6 heavy (non-hydrogen) atoms. The van der Waals surface area contributed by atoms with E-state index in [0.29, 0.717) is 0 Å². The van der Waals surface area contributed by atoms with Crippen molar-refractivity contribution in [1.82, 2.24) is 0 Å². The summed E-state index contributed by atoms with van der Waals surface area (Å²) in [5.41, 5.74) is 0. The summed E-state index contributed by atoms with van der Waals surface area (Å²) in [6.45, 7) is 0. The monoisotopic (exact) mass is 359 g/mol. The van der Waals surface area contributed by atoms with Gasteiger partial charge in [0.15, 0.2) is 0 Å². The van der Waals surface area contributed by atoms with Gasteiger partial charge >= 0.3 is 91.5 Å². The van der Waals surface area contributed by atoms with Crippen LogP contribution in [-0.4, -0.2) is 17.1 Å². The quantitative estimate of drug-likeness (QED) is 0.484. The number of rotatable bonds is 0. The van der Waals surface area contributed by atoms with E-state index < -0.39 is 0 Å². The number of hydrogen-bond donors (Lipinski definition) is 0. The topological polar surface area (TPSA) is 85.5 Å². The van der Waals surface area contributed by atoms with Crippen LogP contribution in [0.1, 0.15) is 0 Å². The van der Waals surface area contributed by atoms with Crippen molar-refractivity contribution in [3.05, 3.63) is 0 Å². The van der Waals surface area contributed by atoms with E-state index in [2.05, 4.69) is 0 Å². The van der Waals surface area contributed by atoms with Gasteiger partial charge in [0.1, 0.15) is 0 Å². The maximum absolute atomic E-state index is 0. The average molecular weight is 358 g/mol. The summed E-state index contributed by atoms with van der Waals surface area (Å²) in [5.74, 6) is 0. The van der Waals surface area contributed by atoms with Crippen LogP contribution in [0, 0.1) is 41.7 Å². The maximum atomic E-state index is 0. The molecular weight excluding hydrogens is 356 g/mol. The van der Waals surface area contributed by atoms with Crippen LogP contribution in [0.5, 0.6) is 0 Å². The molecule has 0 N–H and O–H groups in total. The Morgan fingerprint density at radius 3 is 0.667 bits per heavy atom. The molecule has 0 unspecified atom stereocenters. The van der Waals surface area contributed by atoms with Gasteiger partial charge < -0.3 is 16.4 Å². The molecule has 0 aliphatic carbocycles. The van der Waals surface area contributed by atoms with Gasteiger partial charge in [0.25, 0.3) is 0 Å².